The number of nitrogens with one attached hydrogen (secondary N) is 1. The molecule has 132 valence electrons. The van der Waals surface area contributed by atoms with Gasteiger partial charge in [-0.1, -0.05) is 38.6 Å². The molecule has 0 fully saturated rings. The topological polar surface area (TPSA) is 76.9 Å². The summed E-state index contributed by atoms with van der Waals surface area (Å²) in [5.74, 6) is 0.616. The number of amides is 1. The van der Waals surface area contributed by atoms with E-state index >= 15 is 0 Å². The normalized spacial score (nSPS) is 16.5. The van der Waals surface area contributed by atoms with Crippen LogP contribution in [0.3, 0.4) is 0 Å². The smallest absolute Gasteiger partial charge is 0.254 e. The van der Waals surface area contributed by atoms with Crippen molar-refractivity contribution in [2.45, 2.75) is 50.4 Å². The van der Waals surface area contributed by atoms with Crippen LogP contribution < -0.4 is 10.9 Å². The van der Waals surface area contributed by atoms with Crippen LogP contribution in [-0.2, 0) is 16.8 Å². The van der Waals surface area contributed by atoms with E-state index in [1.54, 1.807) is 23.0 Å². The van der Waals surface area contributed by atoms with E-state index in [0.717, 1.165) is 11.3 Å². The fourth-order valence-electron chi connectivity index (χ4n) is 2.68. The zero-order chi connectivity index (χ0) is 18.0. The first kappa shape index (κ1) is 17.7. The third-order valence-electron chi connectivity index (χ3n) is 4.09. The Morgan fingerprint density at radius 2 is 2.24 bits per heavy atom. The van der Waals surface area contributed by atoms with Gasteiger partial charge in [-0.3, -0.25) is 19.1 Å². The highest BCUT2D eigenvalue weighted by molar-refractivity contribution is 7.99. The molecular weight excluding hydrogens is 336 g/mol. The third-order valence-corrected chi connectivity index (χ3v) is 5.19. The molecule has 0 bridgehead atoms. The van der Waals surface area contributed by atoms with Gasteiger partial charge in [0.05, 0.1) is 11.7 Å². The van der Waals surface area contributed by atoms with Crippen molar-refractivity contribution in [1.29, 1.82) is 0 Å². The minimum atomic E-state index is -0.172. The third kappa shape index (κ3) is 4.10. The summed E-state index contributed by atoms with van der Waals surface area (Å²) in [6.45, 7) is 6.55. The van der Waals surface area contributed by atoms with E-state index < -0.39 is 0 Å². The predicted octanol–water partition coefficient (Wildman–Crippen LogP) is 2.29. The molecule has 1 aliphatic heterocycles. The molecule has 6 nitrogen and oxygen atoms in total. The Labute approximate surface area is 151 Å². The molecule has 7 heteroatoms. The average Bonchev–Trinajstić information content (AvgIpc) is 2.96. The van der Waals surface area contributed by atoms with Crippen LogP contribution in [0.15, 0.2) is 40.5 Å². The van der Waals surface area contributed by atoms with Crippen LogP contribution in [0.4, 0.5) is 0 Å². The molecule has 0 saturated heterocycles. The molecule has 25 heavy (non-hydrogen) atoms. The molecule has 1 aliphatic rings. The van der Waals surface area contributed by atoms with Crippen molar-refractivity contribution in [2.24, 2.45) is 0 Å². The molecule has 0 spiro atoms. The number of hydrogen-bond acceptors (Lipinski definition) is 5. The lowest BCUT2D eigenvalue weighted by molar-refractivity contribution is -0.121. The molecule has 1 atom stereocenters. The fraction of sp³-hybridized carbons (Fsp3) is 0.444. The van der Waals surface area contributed by atoms with Crippen molar-refractivity contribution < 1.29 is 4.79 Å². The molecule has 3 rings (SSSR count). The molecule has 1 N–H and O–H groups in total. The van der Waals surface area contributed by atoms with E-state index in [4.69, 9.17) is 0 Å². The van der Waals surface area contributed by atoms with Crippen molar-refractivity contribution in [1.82, 2.24) is 19.9 Å². The number of pyridine rings is 1. The van der Waals surface area contributed by atoms with Gasteiger partial charge < -0.3 is 5.32 Å². The lowest BCUT2D eigenvalue weighted by Crippen LogP contribution is -2.31. The van der Waals surface area contributed by atoms with E-state index in [9.17, 15) is 9.59 Å². The summed E-state index contributed by atoms with van der Waals surface area (Å²) in [5, 5.41) is 3.60. The highest BCUT2D eigenvalue weighted by Crippen LogP contribution is 2.33. The van der Waals surface area contributed by atoms with Crippen LogP contribution >= 0.6 is 11.8 Å². The molecule has 0 aromatic carbocycles. The van der Waals surface area contributed by atoms with Gasteiger partial charge in [0.15, 0.2) is 5.16 Å². The summed E-state index contributed by atoms with van der Waals surface area (Å²) in [6, 6.07) is 5.19. The van der Waals surface area contributed by atoms with Crippen LogP contribution in [-0.4, -0.2) is 26.2 Å². The highest BCUT2D eigenvalue weighted by Gasteiger charge is 2.29. The molecule has 2 aromatic rings. The largest absolute Gasteiger partial charge is 0.352 e. The molecule has 1 unspecified atom stereocenters. The van der Waals surface area contributed by atoms with E-state index in [-0.39, 0.29) is 29.3 Å². The van der Waals surface area contributed by atoms with Crippen LogP contribution in [0.25, 0.3) is 0 Å². The van der Waals surface area contributed by atoms with Gasteiger partial charge in [0.1, 0.15) is 0 Å². The Balaban J connectivity index is 1.69. The molecule has 0 saturated carbocycles. The summed E-state index contributed by atoms with van der Waals surface area (Å²) in [5.41, 5.74) is 1.49. The number of fused-ring (bicyclic) bond motifs is 1. The monoisotopic (exact) mass is 358 g/mol. The number of hydrogen-bond donors (Lipinski definition) is 1. The van der Waals surface area contributed by atoms with E-state index in [0.29, 0.717) is 17.5 Å². The Morgan fingerprint density at radius 1 is 1.44 bits per heavy atom. The molecule has 0 aliphatic carbocycles. The predicted molar refractivity (Wildman–Crippen MR) is 97.7 cm³/mol. The number of nitrogens with zero attached hydrogens (tertiary/aromatic N) is 3. The van der Waals surface area contributed by atoms with Gasteiger partial charge in [-0.15, -0.1) is 0 Å². The Morgan fingerprint density at radius 3 is 2.92 bits per heavy atom. The van der Waals surface area contributed by atoms with Crippen molar-refractivity contribution in [3.8, 4) is 0 Å². The zero-order valence-electron chi connectivity index (χ0n) is 14.7. The first-order valence-corrected chi connectivity index (χ1v) is 9.25. The Kier molecular flexibility index (Phi) is 4.94. The summed E-state index contributed by atoms with van der Waals surface area (Å²) < 4.78 is 1.66. The molecule has 3 heterocycles. The number of thioether (sulfide) groups is 1. The summed E-state index contributed by atoms with van der Waals surface area (Å²) >= 11 is 1.54. The van der Waals surface area contributed by atoms with E-state index in [1.807, 2.05) is 32.9 Å². The average molecular weight is 358 g/mol. The second kappa shape index (κ2) is 7.00. The molecule has 0 radical (unpaired) electrons. The molecule has 2 aromatic heterocycles. The first-order chi connectivity index (χ1) is 11.8. The maximum atomic E-state index is 12.5. The van der Waals surface area contributed by atoms with Crippen LogP contribution in [0.1, 0.15) is 44.5 Å². The molecular formula is C18H22N4O2S. The van der Waals surface area contributed by atoms with Gasteiger partial charge in [0.2, 0.25) is 5.91 Å². The zero-order valence-corrected chi connectivity index (χ0v) is 15.5. The van der Waals surface area contributed by atoms with E-state index in [1.165, 1.54) is 11.8 Å². The van der Waals surface area contributed by atoms with Crippen molar-refractivity contribution in [3.05, 3.63) is 52.2 Å². The van der Waals surface area contributed by atoms with Crippen molar-refractivity contribution >= 4 is 17.7 Å². The van der Waals surface area contributed by atoms with Gasteiger partial charge in [0.25, 0.3) is 5.56 Å². The van der Waals surface area contributed by atoms with Gasteiger partial charge in [-0.05, 0) is 11.6 Å². The van der Waals surface area contributed by atoms with Crippen LogP contribution in [0.5, 0.6) is 0 Å². The second-order valence-corrected chi connectivity index (χ2v) is 8.18. The van der Waals surface area contributed by atoms with Gasteiger partial charge in [-0.25, -0.2) is 4.98 Å². The number of aromatic nitrogens is 3. The number of carbonyl (C=O) groups is 1. The lowest BCUT2D eigenvalue weighted by Gasteiger charge is -2.19. The number of rotatable bonds is 4. The fourth-order valence-corrected chi connectivity index (χ4v) is 3.83. The maximum absolute atomic E-state index is 12.5. The van der Waals surface area contributed by atoms with Crippen molar-refractivity contribution in [2.75, 3.05) is 5.75 Å². The quantitative estimate of drug-likeness (QED) is 0.849. The van der Waals surface area contributed by atoms with Crippen LogP contribution in [0.2, 0.25) is 0 Å². The minimum absolute atomic E-state index is 0.0749. The Bertz CT molecular complexity index is 827. The summed E-state index contributed by atoms with van der Waals surface area (Å²) in [7, 11) is 0. The minimum Gasteiger partial charge on any atom is -0.352 e. The maximum Gasteiger partial charge on any atom is 0.254 e. The van der Waals surface area contributed by atoms with Gasteiger partial charge in [0, 0.05) is 42.6 Å². The number of carbonyl (C=O) groups excluding carboxylic acids is 1. The SMILES string of the molecule is CC(C)(C)c1cc(=O)n2c(n1)SCC2CC(=O)NCc1cccnc1. The van der Waals surface area contributed by atoms with Gasteiger partial charge >= 0.3 is 0 Å². The second-order valence-electron chi connectivity index (χ2n) is 7.19. The Hall–Kier alpha value is -2.15. The first-order valence-electron chi connectivity index (χ1n) is 8.27. The van der Waals surface area contributed by atoms with E-state index in [2.05, 4.69) is 15.3 Å². The van der Waals surface area contributed by atoms with Crippen molar-refractivity contribution in [3.63, 3.8) is 0 Å². The highest BCUT2D eigenvalue weighted by atomic mass is 32.2. The van der Waals surface area contributed by atoms with Gasteiger partial charge in [-0.2, -0.15) is 0 Å². The molecule has 1 amide bonds. The summed E-state index contributed by atoms with van der Waals surface area (Å²) in [4.78, 5) is 33.4. The lowest BCUT2D eigenvalue weighted by atomic mass is 9.92. The summed E-state index contributed by atoms with van der Waals surface area (Å²) in [6.07, 6.45) is 3.70. The standard InChI is InChI=1S/C18H22N4O2S/c1-18(2,3)14-8-16(24)22-13(11-25-17(22)21-14)7-15(23)20-10-12-5-4-6-19-9-12/h4-6,8-9,13H,7,10-11H2,1-3H3,(H,20,23). The van der Waals surface area contributed by atoms with Crippen LogP contribution in [0, 0.1) is 0 Å².